The van der Waals surface area contributed by atoms with E-state index in [1.807, 2.05) is 59.5 Å². The van der Waals surface area contributed by atoms with Crippen LogP contribution in [0.2, 0.25) is 0 Å². The number of carbonyl (C=O) groups excluding carboxylic acids is 1. The van der Waals surface area contributed by atoms with E-state index in [2.05, 4.69) is 0 Å². The van der Waals surface area contributed by atoms with Crippen molar-refractivity contribution in [2.45, 2.75) is 25.8 Å². The van der Waals surface area contributed by atoms with E-state index in [4.69, 9.17) is 5.73 Å². The molecular formula is C19H23ClN2O. The van der Waals surface area contributed by atoms with Crippen LogP contribution >= 0.6 is 12.4 Å². The average Bonchev–Trinajstić information content (AvgIpc) is 2.54. The second kappa shape index (κ2) is 8.14. The first-order chi connectivity index (χ1) is 10.8. The Bertz CT molecular complexity index is 624. The van der Waals surface area contributed by atoms with Gasteiger partial charge in [0.2, 0.25) is 0 Å². The Hall–Kier alpha value is -1.84. The van der Waals surface area contributed by atoms with Gasteiger partial charge in [0, 0.05) is 24.3 Å². The minimum absolute atomic E-state index is 0. The molecule has 3 rings (SSSR count). The molecule has 2 aromatic carbocycles. The number of amides is 1. The zero-order valence-corrected chi connectivity index (χ0v) is 14.0. The molecule has 3 nitrogen and oxygen atoms in total. The number of nitrogens with zero attached hydrogens (tertiary/aromatic N) is 1. The Labute approximate surface area is 143 Å². The molecule has 0 unspecified atom stereocenters. The van der Waals surface area contributed by atoms with E-state index >= 15 is 0 Å². The summed E-state index contributed by atoms with van der Waals surface area (Å²) < 4.78 is 0. The van der Waals surface area contributed by atoms with Gasteiger partial charge in [-0.3, -0.25) is 4.79 Å². The van der Waals surface area contributed by atoms with Gasteiger partial charge in [0.15, 0.2) is 0 Å². The van der Waals surface area contributed by atoms with Gasteiger partial charge in [0.05, 0.1) is 0 Å². The Morgan fingerprint density at radius 1 is 1.04 bits per heavy atom. The van der Waals surface area contributed by atoms with Crippen LogP contribution in [0, 0.1) is 5.92 Å². The van der Waals surface area contributed by atoms with E-state index in [1.165, 1.54) is 19.3 Å². The molecule has 0 aliphatic heterocycles. The maximum atomic E-state index is 12.9. The van der Waals surface area contributed by atoms with Gasteiger partial charge >= 0.3 is 0 Å². The van der Waals surface area contributed by atoms with Crippen molar-refractivity contribution in [3.8, 4) is 0 Å². The van der Waals surface area contributed by atoms with Crippen LogP contribution in [-0.2, 0) is 6.54 Å². The monoisotopic (exact) mass is 330 g/mol. The summed E-state index contributed by atoms with van der Waals surface area (Å²) in [6.07, 6.45) is 3.73. The van der Waals surface area contributed by atoms with Crippen LogP contribution in [0.3, 0.4) is 0 Å². The number of anilines is 1. The quantitative estimate of drug-likeness (QED) is 0.900. The highest BCUT2D eigenvalue weighted by Gasteiger charge is 2.25. The van der Waals surface area contributed by atoms with Crippen LogP contribution in [0.25, 0.3) is 0 Å². The molecule has 4 heteroatoms. The minimum atomic E-state index is 0. The van der Waals surface area contributed by atoms with Crippen molar-refractivity contribution in [3.63, 3.8) is 0 Å². The molecule has 23 heavy (non-hydrogen) atoms. The molecular weight excluding hydrogens is 308 g/mol. The van der Waals surface area contributed by atoms with Crippen molar-refractivity contribution in [2.24, 2.45) is 11.7 Å². The van der Waals surface area contributed by atoms with E-state index in [9.17, 15) is 4.79 Å². The van der Waals surface area contributed by atoms with Crippen LogP contribution in [0.1, 0.15) is 35.2 Å². The number of hydrogen-bond donors (Lipinski definition) is 1. The molecule has 1 aliphatic carbocycles. The highest BCUT2D eigenvalue weighted by atomic mass is 35.5. The normalized spacial score (nSPS) is 13.8. The zero-order chi connectivity index (χ0) is 15.4. The van der Waals surface area contributed by atoms with Crippen LogP contribution in [0.5, 0.6) is 0 Å². The predicted octanol–water partition coefficient (Wildman–Crippen LogP) is 4.01. The summed E-state index contributed by atoms with van der Waals surface area (Å²) in [6, 6.07) is 17.6. The summed E-state index contributed by atoms with van der Waals surface area (Å²) >= 11 is 0. The van der Waals surface area contributed by atoms with Gasteiger partial charge in [-0.05, 0) is 48.6 Å². The highest BCUT2D eigenvalue weighted by molar-refractivity contribution is 6.06. The fraction of sp³-hybridized carbons (Fsp3) is 0.316. The van der Waals surface area contributed by atoms with Gasteiger partial charge in [-0.25, -0.2) is 0 Å². The minimum Gasteiger partial charge on any atom is -0.326 e. The first-order valence-electron chi connectivity index (χ1n) is 7.94. The number of benzene rings is 2. The van der Waals surface area contributed by atoms with Gasteiger partial charge in [-0.15, -0.1) is 12.4 Å². The number of rotatable bonds is 5. The third kappa shape index (κ3) is 4.12. The lowest BCUT2D eigenvalue weighted by molar-refractivity contribution is 0.0977. The largest absolute Gasteiger partial charge is 0.326 e. The topological polar surface area (TPSA) is 46.3 Å². The van der Waals surface area contributed by atoms with Crippen molar-refractivity contribution in [3.05, 3.63) is 65.7 Å². The van der Waals surface area contributed by atoms with Crippen LogP contribution in [0.15, 0.2) is 54.6 Å². The van der Waals surface area contributed by atoms with E-state index in [0.29, 0.717) is 12.5 Å². The molecule has 1 fully saturated rings. The van der Waals surface area contributed by atoms with E-state index < -0.39 is 0 Å². The van der Waals surface area contributed by atoms with Crippen LogP contribution in [-0.4, -0.2) is 12.5 Å². The summed E-state index contributed by atoms with van der Waals surface area (Å²) in [5.74, 6) is 0.703. The smallest absolute Gasteiger partial charge is 0.258 e. The molecule has 0 saturated heterocycles. The summed E-state index contributed by atoms with van der Waals surface area (Å²) in [6.45, 7) is 1.31. The van der Waals surface area contributed by atoms with E-state index in [0.717, 1.165) is 23.4 Å². The van der Waals surface area contributed by atoms with Gasteiger partial charge in [0.1, 0.15) is 0 Å². The summed E-state index contributed by atoms with van der Waals surface area (Å²) in [4.78, 5) is 14.8. The Balaban J connectivity index is 0.00000192. The van der Waals surface area contributed by atoms with E-state index in [-0.39, 0.29) is 18.3 Å². The van der Waals surface area contributed by atoms with Gasteiger partial charge in [0.25, 0.3) is 5.91 Å². The molecule has 122 valence electrons. The SMILES string of the molecule is Cl.NCc1ccc(C(=O)N(CC2CCC2)c2ccccc2)cc1. The maximum Gasteiger partial charge on any atom is 0.258 e. The number of hydrogen-bond acceptors (Lipinski definition) is 2. The van der Waals surface area contributed by atoms with Crippen LogP contribution < -0.4 is 10.6 Å². The Morgan fingerprint density at radius 3 is 2.22 bits per heavy atom. The third-order valence-electron chi connectivity index (χ3n) is 4.42. The first-order valence-corrected chi connectivity index (χ1v) is 7.94. The van der Waals surface area contributed by atoms with Crippen molar-refractivity contribution in [1.82, 2.24) is 0 Å². The lowest BCUT2D eigenvalue weighted by Crippen LogP contribution is -2.37. The molecule has 0 spiro atoms. The molecule has 0 bridgehead atoms. The van der Waals surface area contributed by atoms with Crippen molar-refractivity contribution in [2.75, 3.05) is 11.4 Å². The van der Waals surface area contributed by atoms with E-state index in [1.54, 1.807) is 0 Å². The van der Waals surface area contributed by atoms with Crippen LogP contribution in [0.4, 0.5) is 5.69 Å². The van der Waals surface area contributed by atoms with Gasteiger partial charge in [-0.2, -0.15) is 0 Å². The first kappa shape index (κ1) is 17.5. The molecule has 0 atom stereocenters. The van der Waals surface area contributed by atoms with Gasteiger partial charge < -0.3 is 10.6 Å². The second-order valence-electron chi connectivity index (χ2n) is 5.95. The number of para-hydroxylation sites is 1. The third-order valence-corrected chi connectivity index (χ3v) is 4.42. The van der Waals surface area contributed by atoms with Gasteiger partial charge in [-0.1, -0.05) is 36.8 Å². The summed E-state index contributed by atoms with van der Waals surface area (Å²) in [5, 5.41) is 0. The fourth-order valence-electron chi connectivity index (χ4n) is 2.79. The Morgan fingerprint density at radius 2 is 1.70 bits per heavy atom. The van der Waals surface area contributed by atoms with Crippen molar-refractivity contribution in [1.29, 1.82) is 0 Å². The lowest BCUT2D eigenvalue weighted by atomic mass is 9.85. The molecule has 2 aromatic rings. The maximum absolute atomic E-state index is 12.9. The van der Waals surface area contributed by atoms with Crippen molar-refractivity contribution < 1.29 is 4.79 Å². The number of carbonyl (C=O) groups is 1. The fourth-order valence-corrected chi connectivity index (χ4v) is 2.79. The zero-order valence-electron chi connectivity index (χ0n) is 13.2. The Kier molecular flexibility index (Phi) is 6.20. The summed E-state index contributed by atoms with van der Waals surface area (Å²) in [7, 11) is 0. The molecule has 1 saturated carbocycles. The number of halogens is 1. The van der Waals surface area contributed by atoms with Crippen molar-refractivity contribution >= 4 is 24.0 Å². The molecule has 0 heterocycles. The second-order valence-corrected chi connectivity index (χ2v) is 5.95. The molecule has 2 N–H and O–H groups in total. The average molecular weight is 331 g/mol. The molecule has 0 aromatic heterocycles. The lowest BCUT2D eigenvalue weighted by Gasteiger charge is -2.32. The summed E-state index contributed by atoms with van der Waals surface area (Å²) in [5.41, 5.74) is 8.36. The molecule has 0 radical (unpaired) electrons. The number of nitrogens with two attached hydrogens (primary N) is 1. The highest BCUT2D eigenvalue weighted by Crippen LogP contribution is 2.29. The molecule has 1 aliphatic rings. The predicted molar refractivity (Wildman–Crippen MR) is 97.0 cm³/mol. The standard InChI is InChI=1S/C19H22N2O.ClH/c20-13-15-9-11-17(12-10-15)19(22)21(14-16-5-4-6-16)18-7-2-1-3-8-18;/h1-3,7-12,16H,4-6,13-14,20H2;1H. The molecule has 1 amide bonds.